The number of phenols is 1. The Morgan fingerprint density at radius 2 is 1.72 bits per heavy atom. The maximum Gasteiger partial charge on any atom is 0.115 e. The molecule has 0 radical (unpaired) electrons. The zero-order valence-corrected chi connectivity index (χ0v) is 11.8. The number of aromatic hydroxyl groups is 1. The summed E-state index contributed by atoms with van der Waals surface area (Å²) in [5, 5.41) is 9.38. The van der Waals surface area contributed by atoms with Gasteiger partial charge in [-0.3, -0.25) is 4.90 Å². The number of phenolic OH excluding ortho intramolecular Hbond substituents is 1. The van der Waals surface area contributed by atoms with Gasteiger partial charge in [0.1, 0.15) is 5.75 Å². The molecule has 1 heterocycles. The first-order valence-electron chi connectivity index (χ1n) is 7.05. The van der Waals surface area contributed by atoms with E-state index in [-0.39, 0.29) is 0 Å². The summed E-state index contributed by atoms with van der Waals surface area (Å²) in [6, 6.07) is 8.21. The fraction of sp³-hybridized carbons (Fsp3) is 0.625. The number of hydrogen-bond acceptors (Lipinski definition) is 2. The van der Waals surface area contributed by atoms with Crippen LogP contribution in [-0.2, 0) is 0 Å². The van der Waals surface area contributed by atoms with Gasteiger partial charge in [-0.2, -0.15) is 0 Å². The molecule has 1 aromatic rings. The molecular formula is C16H25NO. The molecule has 18 heavy (non-hydrogen) atoms. The first kappa shape index (κ1) is 13.4. The smallest absolute Gasteiger partial charge is 0.115 e. The molecular weight excluding hydrogens is 222 g/mol. The van der Waals surface area contributed by atoms with E-state index in [9.17, 15) is 5.11 Å². The highest BCUT2D eigenvalue weighted by atomic mass is 16.3. The van der Waals surface area contributed by atoms with Crippen LogP contribution in [0.25, 0.3) is 0 Å². The van der Waals surface area contributed by atoms with Crippen LogP contribution in [0.1, 0.15) is 51.6 Å². The third kappa shape index (κ3) is 3.05. The topological polar surface area (TPSA) is 23.5 Å². The monoisotopic (exact) mass is 247 g/mol. The first-order chi connectivity index (χ1) is 8.52. The van der Waals surface area contributed by atoms with Crippen LogP contribution in [-0.4, -0.2) is 23.1 Å². The van der Waals surface area contributed by atoms with Crippen molar-refractivity contribution in [1.29, 1.82) is 0 Å². The molecule has 2 rings (SSSR count). The lowest BCUT2D eigenvalue weighted by molar-refractivity contribution is 0.0915. The molecule has 1 N–H and O–H groups in total. The van der Waals surface area contributed by atoms with Gasteiger partial charge in [-0.25, -0.2) is 0 Å². The van der Waals surface area contributed by atoms with Gasteiger partial charge in [0, 0.05) is 6.04 Å². The Kier molecular flexibility index (Phi) is 3.96. The Bertz CT molecular complexity index is 373. The van der Waals surface area contributed by atoms with E-state index in [0.29, 0.717) is 17.2 Å². The van der Waals surface area contributed by atoms with Crippen LogP contribution in [0.2, 0.25) is 0 Å². The van der Waals surface area contributed by atoms with Gasteiger partial charge in [-0.1, -0.05) is 32.9 Å². The van der Waals surface area contributed by atoms with Crippen LogP contribution in [0.15, 0.2) is 24.3 Å². The average molecular weight is 247 g/mol. The van der Waals surface area contributed by atoms with Gasteiger partial charge in [-0.05, 0) is 55.5 Å². The zero-order valence-electron chi connectivity index (χ0n) is 11.8. The molecule has 0 aliphatic carbocycles. The summed E-state index contributed by atoms with van der Waals surface area (Å²) >= 11 is 0. The number of rotatable bonds is 3. The van der Waals surface area contributed by atoms with Crippen molar-refractivity contribution in [2.75, 3.05) is 13.1 Å². The molecule has 0 amide bonds. The molecule has 2 heteroatoms. The molecule has 1 aliphatic heterocycles. The molecule has 0 bridgehead atoms. The second-order valence-corrected chi connectivity index (χ2v) is 6.22. The zero-order chi connectivity index (χ0) is 13.2. The first-order valence-corrected chi connectivity index (χ1v) is 7.05. The van der Waals surface area contributed by atoms with Gasteiger partial charge in [0.15, 0.2) is 0 Å². The van der Waals surface area contributed by atoms with Crippen molar-refractivity contribution in [2.45, 2.75) is 46.1 Å². The maximum absolute atomic E-state index is 9.38. The Balaban J connectivity index is 2.08. The number of nitrogens with zero attached hydrogens (tertiary/aromatic N) is 1. The summed E-state index contributed by atoms with van der Waals surface area (Å²) in [6.45, 7) is 9.35. The van der Waals surface area contributed by atoms with E-state index < -0.39 is 0 Å². The second-order valence-electron chi connectivity index (χ2n) is 6.22. The summed E-state index contributed by atoms with van der Waals surface area (Å²) in [5.41, 5.74) is 1.83. The third-order valence-corrected chi connectivity index (χ3v) is 4.26. The van der Waals surface area contributed by atoms with Crippen molar-refractivity contribution in [2.24, 2.45) is 5.41 Å². The van der Waals surface area contributed by atoms with E-state index in [1.165, 1.54) is 31.5 Å². The Hall–Kier alpha value is -1.02. The molecule has 1 aliphatic rings. The lowest BCUT2D eigenvalue weighted by Crippen LogP contribution is -2.39. The van der Waals surface area contributed by atoms with E-state index in [4.69, 9.17) is 0 Å². The van der Waals surface area contributed by atoms with E-state index in [1.807, 2.05) is 0 Å². The number of hydrogen-bond donors (Lipinski definition) is 1. The van der Waals surface area contributed by atoms with Crippen LogP contribution in [0.4, 0.5) is 0 Å². The lowest BCUT2D eigenvalue weighted by Gasteiger charge is -2.41. The highest BCUT2D eigenvalue weighted by molar-refractivity contribution is 5.28. The molecule has 0 spiro atoms. The predicted octanol–water partition coefficient (Wildman–Crippen LogP) is 3.97. The van der Waals surface area contributed by atoms with Crippen LogP contribution in [0.5, 0.6) is 5.75 Å². The highest BCUT2D eigenvalue weighted by Crippen LogP contribution is 2.35. The molecule has 0 aromatic heterocycles. The van der Waals surface area contributed by atoms with E-state index in [2.05, 4.69) is 37.8 Å². The van der Waals surface area contributed by atoms with Gasteiger partial charge in [0.05, 0.1) is 0 Å². The minimum atomic E-state index is 0.355. The Morgan fingerprint density at radius 1 is 1.17 bits per heavy atom. The van der Waals surface area contributed by atoms with Crippen LogP contribution >= 0.6 is 0 Å². The Morgan fingerprint density at radius 3 is 2.22 bits per heavy atom. The fourth-order valence-corrected chi connectivity index (χ4v) is 2.84. The van der Waals surface area contributed by atoms with Crippen LogP contribution < -0.4 is 0 Å². The summed E-state index contributed by atoms with van der Waals surface area (Å²) in [4.78, 5) is 2.59. The summed E-state index contributed by atoms with van der Waals surface area (Å²) < 4.78 is 0. The molecule has 1 fully saturated rings. The molecule has 1 unspecified atom stereocenters. The predicted molar refractivity (Wildman–Crippen MR) is 75.7 cm³/mol. The van der Waals surface area contributed by atoms with Crippen LogP contribution in [0, 0.1) is 5.41 Å². The van der Waals surface area contributed by atoms with Gasteiger partial charge in [-0.15, -0.1) is 0 Å². The molecule has 1 atom stereocenters. The maximum atomic E-state index is 9.38. The minimum Gasteiger partial charge on any atom is -0.508 e. The van der Waals surface area contributed by atoms with E-state index >= 15 is 0 Å². The van der Waals surface area contributed by atoms with Gasteiger partial charge >= 0.3 is 0 Å². The van der Waals surface area contributed by atoms with E-state index in [1.54, 1.807) is 12.1 Å². The number of piperidine rings is 1. The van der Waals surface area contributed by atoms with Gasteiger partial charge in [0.2, 0.25) is 0 Å². The second kappa shape index (κ2) is 5.31. The number of benzene rings is 1. The minimum absolute atomic E-state index is 0.355. The van der Waals surface area contributed by atoms with Crippen LogP contribution in [0.3, 0.4) is 0 Å². The fourth-order valence-electron chi connectivity index (χ4n) is 2.84. The van der Waals surface area contributed by atoms with Crippen molar-refractivity contribution in [3.63, 3.8) is 0 Å². The summed E-state index contributed by atoms with van der Waals surface area (Å²) in [6.07, 6.45) is 3.69. The van der Waals surface area contributed by atoms with Gasteiger partial charge < -0.3 is 5.11 Å². The SMILES string of the molecule is CCC(c1ccc(O)cc1)N1CCC(C)(C)CC1. The highest BCUT2D eigenvalue weighted by Gasteiger charge is 2.29. The average Bonchev–Trinajstić information content (AvgIpc) is 2.34. The van der Waals surface area contributed by atoms with Crippen molar-refractivity contribution < 1.29 is 5.11 Å². The standard InChI is InChI=1S/C16H25NO/c1-4-15(13-5-7-14(18)8-6-13)17-11-9-16(2,3)10-12-17/h5-8,15,18H,4,9-12H2,1-3H3. The normalized spacial score (nSPS) is 21.7. The molecule has 1 aromatic carbocycles. The summed E-state index contributed by atoms with van der Waals surface area (Å²) in [7, 11) is 0. The largest absolute Gasteiger partial charge is 0.508 e. The molecule has 2 nitrogen and oxygen atoms in total. The number of likely N-dealkylation sites (tertiary alicyclic amines) is 1. The van der Waals surface area contributed by atoms with E-state index in [0.717, 1.165) is 6.42 Å². The van der Waals surface area contributed by atoms with Crippen molar-refractivity contribution in [3.8, 4) is 5.75 Å². The lowest BCUT2D eigenvalue weighted by atomic mass is 9.82. The Labute approximate surface area is 111 Å². The van der Waals surface area contributed by atoms with Crippen molar-refractivity contribution in [1.82, 2.24) is 4.90 Å². The molecule has 1 saturated heterocycles. The summed E-state index contributed by atoms with van der Waals surface area (Å²) in [5.74, 6) is 0.355. The molecule has 100 valence electrons. The quantitative estimate of drug-likeness (QED) is 0.873. The third-order valence-electron chi connectivity index (χ3n) is 4.26. The van der Waals surface area contributed by atoms with Crippen molar-refractivity contribution >= 4 is 0 Å². The van der Waals surface area contributed by atoms with Crippen molar-refractivity contribution in [3.05, 3.63) is 29.8 Å². The molecule has 0 saturated carbocycles. The van der Waals surface area contributed by atoms with Gasteiger partial charge in [0.25, 0.3) is 0 Å².